The lowest BCUT2D eigenvalue weighted by Crippen LogP contribution is -2.44. The fourth-order valence-electron chi connectivity index (χ4n) is 1.64. The SMILES string of the molecule is Cc1cccc([C@H](C)NC(=O)C(N)C(C)C)c1. The predicted molar refractivity (Wildman–Crippen MR) is 70.6 cm³/mol. The molecule has 1 amide bonds. The van der Waals surface area contributed by atoms with Gasteiger partial charge in [-0.1, -0.05) is 43.7 Å². The van der Waals surface area contributed by atoms with Gasteiger partial charge in [-0.2, -0.15) is 0 Å². The van der Waals surface area contributed by atoms with Gasteiger partial charge in [0.15, 0.2) is 0 Å². The lowest BCUT2D eigenvalue weighted by molar-refractivity contribution is -0.123. The highest BCUT2D eigenvalue weighted by molar-refractivity contribution is 5.82. The lowest BCUT2D eigenvalue weighted by Gasteiger charge is -2.20. The molecule has 0 heterocycles. The van der Waals surface area contributed by atoms with Gasteiger partial charge in [-0.05, 0) is 25.3 Å². The molecule has 0 fully saturated rings. The lowest BCUT2D eigenvalue weighted by atomic mass is 10.0. The molecule has 0 aliphatic rings. The first-order valence-electron chi connectivity index (χ1n) is 6.04. The van der Waals surface area contributed by atoms with Gasteiger partial charge in [-0.3, -0.25) is 4.79 Å². The second-order valence-corrected chi connectivity index (χ2v) is 4.91. The number of aryl methyl sites for hydroxylation is 1. The molecule has 3 nitrogen and oxygen atoms in total. The maximum absolute atomic E-state index is 11.8. The summed E-state index contributed by atoms with van der Waals surface area (Å²) in [5.74, 6) is 0.0636. The van der Waals surface area contributed by atoms with E-state index < -0.39 is 6.04 Å². The fraction of sp³-hybridized carbons (Fsp3) is 0.500. The van der Waals surface area contributed by atoms with Gasteiger partial charge >= 0.3 is 0 Å². The minimum absolute atomic E-state index is 0.00722. The van der Waals surface area contributed by atoms with Crippen LogP contribution < -0.4 is 11.1 Å². The Labute approximate surface area is 103 Å². The molecule has 0 spiro atoms. The third kappa shape index (κ3) is 3.86. The normalized spacial score (nSPS) is 14.5. The van der Waals surface area contributed by atoms with Crippen molar-refractivity contribution in [1.29, 1.82) is 0 Å². The number of amides is 1. The maximum atomic E-state index is 11.8. The van der Waals surface area contributed by atoms with Gasteiger partial charge in [-0.15, -0.1) is 0 Å². The third-order valence-corrected chi connectivity index (χ3v) is 2.92. The summed E-state index contributed by atoms with van der Waals surface area (Å²) in [7, 11) is 0. The van der Waals surface area contributed by atoms with Crippen molar-refractivity contribution in [3.05, 3.63) is 35.4 Å². The van der Waals surface area contributed by atoms with E-state index in [0.29, 0.717) is 0 Å². The summed E-state index contributed by atoms with van der Waals surface area (Å²) < 4.78 is 0. The van der Waals surface area contributed by atoms with Crippen LogP contribution in [-0.2, 0) is 4.79 Å². The molecule has 17 heavy (non-hydrogen) atoms. The van der Waals surface area contributed by atoms with Crippen LogP contribution in [0.15, 0.2) is 24.3 Å². The van der Waals surface area contributed by atoms with E-state index in [1.807, 2.05) is 45.9 Å². The number of nitrogens with two attached hydrogens (primary N) is 1. The van der Waals surface area contributed by atoms with Crippen LogP contribution in [0.4, 0.5) is 0 Å². The van der Waals surface area contributed by atoms with E-state index in [1.165, 1.54) is 5.56 Å². The minimum atomic E-state index is -0.442. The molecule has 3 N–H and O–H groups in total. The summed E-state index contributed by atoms with van der Waals surface area (Å²) in [6.07, 6.45) is 0. The Kier molecular flexibility index (Phi) is 4.70. The van der Waals surface area contributed by atoms with Crippen LogP contribution in [0.2, 0.25) is 0 Å². The van der Waals surface area contributed by atoms with Crippen LogP contribution in [0.3, 0.4) is 0 Å². The maximum Gasteiger partial charge on any atom is 0.237 e. The van der Waals surface area contributed by atoms with Crippen LogP contribution in [-0.4, -0.2) is 11.9 Å². The van der Waals surface area contributed by atoms with Crippen LogP contribution >= 0.6 is 0 Å². The summed E-state index contributed by atoms with van der Waals surface area (Å²) in [6.45, 7) is 7.90. The van der Waals surface area contributed by atoms with Crippen molar-refractivity contribution >= 4 is 5.91 Å². The summed E-state index contributed by atoms with van der Waals surface area (Å²) in [5.41, 5.74) is 8.10. The van der Waals surface area contributed by atoms with Gasteiger partial charge in [-0.25, -0.2) is 0 Å². The van der Waals surface area contributed by atoms with Gasteiger partial charge in [0, 0.05) is 0 Å². The zero-order valence-electron chi connectivity index (χ0n) is 11.0. The van der Waals surface area contributed by atoms with E-state index in [4.69, 9.17) is 5.73 Å². The highest BCUT2D eigenvalue weighted by atomic mass is 16.2. The third-order valence-electron chi connectivity index (χ3n) is 2.92. The summed E-state index contributed by atoms with van der Waals surface area (Å²) in [6, 6.07) is 7.67. The molecule has 1 rings (SSSR count). The number of benzene rings is 1. The Hall–Kier alpha value is -1.35. The van der Waals surface area contributed by atoms with E-state index in [-0.39, 0.29) is 17.9 Å². The number of hydrogen-bond acceptors (Lipinski definition) is 2. The number of nitrogens with one attached hydrogen (secondary N) is 1. The molecule has 0 aliphatic carbocycles. The Morgan fingerprint density at radius 2 is 1.94 bits per heavy atom. The second kappa shape index (κ2) is 5.82. The van der Waals surface area contributed by atoms with Crippen molar-refractivity contribution in [1.82, 2.24) is 5.32 Å². The molecule has 94 valence electrons. The number of hydrogen-bond donors (Lipinski definition) is 2. The number of carbonyl (C=O) groups excluding carboxylic acids is 1. The monoisotopic (exact) mass is 234 g/mol. The van der Waals surface area contributed by atoms with Crippen molar-refractivity contribution in [2.24, 2.45) is 11.7 Å². The average Bonchev–Trinajstić information content (AvgIpc) is 2.27. The standard InChI is InChI=1S/C14H22N2O/c1-9(2)13(15)14(17)16-11(4)12-7-5-6-10(3)8-12/h5-9,11,13H,15H2,1-4H3,(H,16,17)/t11-,13?/m0/s1. The Morgan fingerprint density at radius 3 is 2.47 bits per heavy atom. The first-order valence-corrected chi connectivity index (χ1v) is 6.04. The Morgan fingerprint density at radius 1 is 1.29 bits per heavy atom. The topological polar surface area (TPSA) is 55.1 Å². The Balaban J connectivity index is 2.66. The van der Waals surface area contributed by atoms with Gasteiger partial charge in [0.2, 0.25) is 5.91 Å². The quantitative estimate of drug-likeness (QED) is 0.838. The van der Waals surface area contributed by atoms with Crippen molar-refractivity contribution in [2.75, 3.05) is 0 Å². The molecule has 0 aliphatic heterocycles. The van der Waals surface area contributed by atoms with Crippen LogP contribution in [0.25, 0.3) is 0 Å². The number of carbonyl (C=O) groups is 1. The van der Waals surface area contributed by atoms with Gasteiger partial charge in [0.25, 0.3) is 0 Å². The number of rotatable bonds is 4. The first-order chi connectivity index (χ1) is 7.91. The van der Waals surface area contributed by atoms with E-state index in [1.54, 1.807) is 0 Å². The second-order valence-electron chi connectivity index (χ2n) is 4.91. The smallest absolute Gasteiger partial charge is 0.237 e. The molecule has 3 heteroatoms. The molecule has 0 bridgehead atoms. The summed E-state index contributed by atoms with van der Waals surface area (Å²) >= 11 is 0. The van der Waals surface area contributed by atoms with Crippen LogP contribution in [0.5, 0.6) is 0 Å². The van der Waals surface area contributed by atoms with Crippen molar-refractivity contribution < 1.29 is 4.79 Å². The van der Waals surface area contributed by atoms with E-state index in [2.05, 4.69) is 11.4 Å². The zero-order chi connectivity index (χ0) is 13.0. The highest BCUT2D eigenvalue weighted by Gasteiger charge is 2.19. The van der Waals surface area contributed by atoms with Crippen molar-refractivity contribution in [3.63, 3.8) is 0 Å². The Bertz CT molecular complexity index is 388. The van der Waals surface area contributed by atoms with Crippen LogP contribution in [0.1, 0.15) is 37.9 Å². The molecule has 2 atom stereocenters. The van der Waals surface area contributed by atoms with Gasteiger partial charge in [0.05, 0.1) is 12.1 Å². The van der Waals surface area contributed by atoms with E-state index in [9.17, 15) is 4.79 Å². The average molecular weight is 234 g/mol. The van der Waals surface area contributed by atoms with Crippen molar-refractivity contribution in [3.8, 4) is 0 Å². The van der Waals surface area contributed by atoms with Gasteiger partial charge in [0.1, 0.15) is 0 Å². The van der Waals surface area contributed by atoms with E-state index >= 15 is 0 Å². The molecular formula is C14H22N2O. The van der Waals surface area contributed by atoms with Crippen LogP contribution in [0, 0.1) is 12.8 Å². The molecule has 1 aromatic carbocycles. The first kappa shape index (κ1) is 13.7. The molecule has 0 saturated heterocycles. The zero-order valence-corrected chi connectivity index (χ0v) is 11.0. The molecule has 1 unspecified atom stereocenters. The fourth-order valence-corrected chi connectivity index (χ4v) is 1.64. The summed E-state index contributed by atoms with van der Waals surface area (Å²) in [4.78, 5) is 11.8. The summed E-state index contributed by atoms with van der Waals surface area (Å²) in [5, 5.41) is 2.94. The van der Waals surface area contributed by atoms with Crippen molar-refractivity contribution in [2.45, 2.75) is 39.8 Å². The molecular weight excluding hydrogens is 212 g/mol. The minimum Gasteiger partial charge on any atom is -0.348 e. The molecule has 0 radical (unpaired) electrons. The predicted octanol–water partition coefficient (Wildman–Crippen LogP) is 2.16. The highest BCUT2D eigenvalue weighted by Crippen LogP contribution is 2.14. The molecule has 0 saturated carbocycles. The van der Waals surface area contributed by atoms with E-state index in [0.717, 1.165) is 5.56 Å². The largest absolute Gasteiger partial charge is 0.348 e. The van der Waals surface area contributed by atoms with Gasteiger partial charge < -0.3 is 11.1 Å². The molecule has 0 aromatic heterocycles. The molecule has 1 aromatic rings.